The van der Waals surface area contributed by atoms with E-state index in [0.717, 1.165) is 4.88 Å². The Balaban J connectivity index is 2.23. The Morgan fingerprint density at radius 1 is 1.22 bits per heavy atom. The Morgan fingerprint density at radius 2 is 2.00 bits per heavy atom. The van der Waals surface area contributed by atoms with Gasteiger partial charge in [0.25, 0.3) is 0 Å². The van der Waals surface area contributed by atoms with E-state index in [1.54, 1.807) is 36.0 Å². The maximum atomic E-state index is 11.2. The van der Waals surface area contributed by atoms with E-state index in [0.29, 0.717) is 11.1 Å². The molecule has 2 aromatic rings. The van der Waals surface area contributed by atoms with Gasteiger partial charge in [-0.15, -0.1) is 11.3 Å². The van der Waals surface area contributed by atoms with Crippen LogP contribution in [-0.4, -0.2) is 10.9 Å². The number of nitrogens with zero attached hydrogens (tertiary/aromatic N) is 1. The third-order valence-electron chi connectivity index (χ3n) is 2.07. The quantitative estimate of drug-likeness (QED) is 0.784. The lowest BCUT2D eigenvalue weighted by Gasteiger charge is -1.97. The summed E-state index contributed by atoms with van der Waals surface area (Å²) in [6, 6.07) is 6.92. The topological polar surface area (TPSA) is 56.0 Å². The first-order valence-corrected chi connectivity index (χ1v) is 5.94. The van der Waals surface area contributed by atoms with Gasteiger partial charge in [-0.25, -0.2) is 0 Å². The number of hydrogen-bond acceptors (Lipinski definition) is 3. The summed E-state index contributed by atoms with van der Waals surface area (Å²) in [7, 11) is 0. The highest BCUT2D eigenvalue weighted by molar-refractivity contribution is 7.10. The molecule has 18 heavy (non-hydrogen) atoms. The van der Waals surface area contributed by atoms with E-state index in [4.69, 9.17) is 5.73 Å². The SMILES string of the molecule is NC(=O)c1ccccc1C#CC#Cc1cncs1. The standard InChI is InChI=1S/C14H8N2OS/c15-14(17)13-8-4-2-6-11(13)5-1-3-7-12-9-16-10-18-12/h2,4,6,8-10H,(H2,15,17). The summed E-state index contributed by atoms with van der Waals surface area (Å²) in [6.07, 6.45) is 1.68. The van der Waals surface area contributed by atoms with Crippen molar-refractivity contribution < 1.29 is 4.79 Å². The minimum atomic E-state index is -0.490. The van der Waals surface area contributed by atoms with Crippen LogP contribution in [0.2, 0.25) is 0 Å². The second kappa shape index (κ2) is 5.67. The monoisotopic (exact) mass is 252 g/mol. The molecule has 0 aliphatic rings. The van der Waals surface area contributed by atoms with Crippen molar-refractivity contribution in [1.82, 2.24) is 4.98 Å². The maximum absolute atomic E-state index is 11.2. The molecule has 0 aliphatic heterocycles. The first kappa shape index (κ1) is 11.9. The molecular formula is C14H8N2OS. The number of benzene rings is 1. The Labute approximate surface area is 109 Å². The fourth-order valence-electron chi connectivity index (χ4n) is 1.28. The van der Waals surface area contributed by atoms with Crippen LogP contribution >= 0.6 is 11.3 Å². The van der Waals surface area contributed by atoms with Crippen LogP contribution in [0.4, 0.5) is 0 Å². The molecule has 3 nitrogen and oxygen atoms in total. The van der Waals surface area contributed by atoms with Crippen molar-refractivity contribution in [1.29, 1.82) is 0 Å². The van der Waals surface area contributed by atoms with Crippen LogP contribution in [0.5, 0.6) is 0 Å². The molecule has 0 saturated carbocycles. The van der Waals surface area contributed by atoms with Gasteiger partial charge in [0.2, 0.25) is 5.91 Å². The zero-order valence-corrected chi connectivity index (χ0v) is 10.1. The van der Waals surface area contributed by atoms with Crippen molar-refractivity contribution in [2.24, 2.45) is 5.73 Å². The van der Waals surface area contributed by atoms with E-state index in [9.17, 15) is 4.79 Å². The summed E-state index contributed by atoms with van der Waals surface area (Å²) in [4.78, 5) is 15.9. The summed E-state index contributed by atoms with van der Waals surface area (Å²) >= 11 is 1.45. The van der Waals surface area contributed by atoms with E-state index in [1.807, 2.05) is 0 Å². The van der Waals surface area contributed by atoms with Crippen molar-refractivity contribution in [3.8, 4) is 23.7 Å². The number of carbonyl (C=O) groups excluding carboxylic acids is 1. The van der Waals surface area contributed by atoms with Crippen molar-refractivity contribution in [2.45, 2.75) is 0 Å². The average molecular weight is 252 g/mol. The van der Waals surface area contributed by atoms with E-state index >= 15 is 0 Å². The third kappa shape index (κ3) is 2.98. The fourth-order valence-corrected chi connectivity index (χ4v) is 1.74. The lowest BCUT2D eigenvalue weighted by Crippen LogP contribution is -2.12. The predicted molar refractivity (Wildman–Crippen MR) is 70.8 cm³/mol. The highest BCUT2D eigenvalue weighted by atomic mass is 32.1. The normalized spacial score (nSPS) is 8.67. The largest absolute Gasteiger partial charge is 0.366 e. The molecule has 0 aliphatic carbocycles. The van der Waals surface area contributed by atoms with Gasteiger partial charge < -0.3 is 5.73 Å². The molecule has 4 heteroatoms. The predicted octanol–water partition coefficient (Wildman–Crippen LogP) is 1.65. The molecule has 0 fully saturated rings. The molecule has 0 saturated heterocycles. The van der Waals surface area contributed by atoms with Crippen LogP contribution in [0.25, 0.3) is 0 Å². The summed E-state index contributed by atoms with van der Waals surface area (Å²) < 4.78 is 0. The number of amides is 1. The molecule has 1 amide bonds. The van der Waals surface area contributed by atoms with Gasteiger partial charge in [0.05, 0.1) is 22.1 Å². The number of carbonyl (C=O) groups is 1. The number of hydrogen-bond donors (Lipinski definition) is 1. The second-order valence-corrected chi connectivity index (χ2v) is 4.16. The summed E-state index contributed by atoms with van der Waals surface area (Å²) in [6.45, 7) is 0. The van der Waals surface area contributed by atoms with E-state index < -0.39 is 5.91 Å². The van der Waals surface area contributed by atoms with Crippen LogP contribution in [-0.2, 0) is 0 Å². The van der Waals surface area contributed by atoms with E-state index in [1.165, 1.54) is 11.3 Å². The number of aromatic nitrogens is 1. The summed E-state index contributed by atoms with van der Waals surface area (Å²) in [5.41, 5.74) is 7.95. The maximum Gasteiger partial charge on any atom is 0.249 e. The van der Waals surface area contributed by atoms with Crippen molar-refractivity contribution >= 4 is 17.2 Å². The minimum absolute atomic E-state index is 0.407. The Morgan fingerprint density at radius 3 is 2.72 bits per heavy atom. The van der Waals surface area contributed by atoms with E-state index in [2.05, 4.69) is 28.7 Å². The van der Waals surface area contributed by atoms with Crippen LogP contribution in [0.1, 0.15) is 20.8 Å². The molecule has 1 heterocycles. The molecule has 0 bridgehead atoms. The molecule has 86 valence electrons. The van der Waals surface area contributed by atoms with Crippen LogP contribution in [0, 0.1) is 23.7 Å². The molecule has 2 rings (SSSR count). The molecule has 0 spiro atoms. The lowest BCUT2D eigenvalue weighted by atomic mass is 10.1. The van der Waals surface area contributed by atoms with E-state index in [-0.39, 0.29) is 0 Å². The fraction of sp³-hybridized carbons (Fsp3) is 0. The van der Waals surface area contributed by atoms with Gasteiger partial charge >= 0.3 is 0 Å². The van der Waals surface area contributed by atoms with Gasteiger partial charge in [0.1, 0.15) is 0 Å². The molecular weight excluding hydrogens is 244 g/mol. The van der Waals surface area contributed by atoms with Crippen molar-refractivity contribution in [3.05, 3.63) is 52.0 Å². The van der Waals surface area contributed by atoms with Crippen LogP contribution in [0.15, 0.2) is 36.0 Å². The van der Waals surface area contributed by atoms with Gasteiger partial charge in [-0.2, -0.15) is 0 Å². The van der Waals surface area contributed by atoms with Crippen LogP contribution < -0.4 is 5.73 Å². The summed E-state index contributed by atoms with van der Waals surface area (Å²) in [5, 5.41) is 0. The van der Waals surface area contributed by atoms with Crippen LogP contribution in [0.3, 0.4) is 0 Å². The number of nitrogens with two attached hydrogens (primary N) is 1. The average Bonchev–Trinajstić information content (AvgIpc) is 2.88. The van der Waals surface area contributed by atoms with Gasteiger partial charge in [-0.05, 0) is 29.9 Å². The molecule has 0 atom stereocenters. The minimum Gasteiger partial charge on any atom is -0.366 e. The molecule has 1 aromatic heterocycles. The van der Waals surface area contributed by atoms with Gasteiger partial charge in [-0.3, -0.25) is 9.78 Å². The zero-order chi connectivity index (χ0) is 12.8. The Hall–Kier alpha value is -2.56. The van der Waals surface area contributed by atoms with Crippen molar-refractivity contribution in [3.63, 3.8) is 0 Å². The first-order valence-electron chi connectivity index (χ1n) is 5.07. The third-order valence-corrected chi connectivity index (χ3v) is 2.76. The lowest BCUT2D eigenvalue weighted by molar-refractivity contribution is 0.1000. The molecule has 0 radical (unpaired) electrons. The second-order valence-electron chi connectivity index (χ2n) is 3.28. The molecule has 0 unspecified atom stereocenters. The smallest absolute Gasteiger partial charge is 0.249 e. The number of rotatable bonds is 1. The zero-order valence-electron chi connectivity index (χ0n) is 9.31. The summed E-state index contributed by atoms with van der Waals surface area (Å²) in [5.74, 6) is 10.6. The Kier molecular flexibility index (Phi) is 3.76. The van der Waals surface area contributed by atoms with Gasteiger partial charge in [0.15, 0.2) is 0 Å². The highest BCUT2D eigenvalue weighted by Gasteiger charge is 2.03. The number of primary amides is 1. The van der Waals surface area contributed by atoms with Gasteiger partial charge in [-0.1, -0.05) is 18.1 Å². The Bertz CT molecular complexity index is 682. The molecule has 2 N–H and O–H groups in total. The molecule has 1 aromatic carbocycles. The first-order chi connectivity index (χ1) is 8.77. The van der Waals surface area contributed by atoms with Gasteiger partial charge in [0, 0.05) is 5.56 Å². The highest BCUT2D eigenvalue weighted by Crippen LogP contribution is 2.05. The number of thiazole rings is 1. The van der Waals surface area contributed by atoms with Crippen molar-refractivity contribution in [2.75, 3.05) is 0 Å².